The Bertz CT molecular complexity index is 960. The maximum atomic E-state index is 12.5. The summed E-state index contributed by atoms with van der Waals surface area (Å²) in [4.78, 5) is 24.4. The van der Waals surface area contributed by atoms with Gasteiger partial charge in [-0.15, -0.1) is 16.4 Å². The van der Waals surface area contributed by atoms with Crippen molar-refractivity contribution in [3.8, 4) is 10.8 Å². The minimum absolute atomic E-state index is 0.146. The number of nitrogens with one attached hydrogen (secondary N) is 1. The Morgan fingerprint density at radius 3 is 2.59 bits per heavy atom. The fourth-order valence-electron chi connectivity index (χ4n) is 2.30. The average Bonchev–Trinajstić information content (AvgIpc) is 3.25. The number of benzene rings is 1. The number of carbonyl (C=O) groups excluding carboxylic acids is 1. The van der Waals surface area contributed by atoms with E-state index in [-0.39, 0.29) is 19.0 Å². The van der Waals surface area contributed by atoms with Crippen LogP contribution in [0, 0.1) is 0 Å². The van der Waals surface area contributed by atoms with Crippen molar-refractivity contribution in [3.63, 3.8) is 0 Å². The molecule has 1 amide bonds. The van der Waals surface area contributed by atoms with Gasteiger partial charge in [-0.05, 0) is 35.6 Å². The highest BCUT2D eigenvalue weighted by atomic mass is 32.1. The van der Waals surface area contributed by atoms with Gasteiger partial charge in [0.2, 0.25) is 5.91 Å². The molecule has 0 fully saturated rings. The van der Waals surface area contributed by atoms with Crippen molar-refractivity contribution in [2.75, 3.05) is 6.54 Å². The maximum Gasteiger partial charge on any atom is 0.437 e. The molecule has 10 heteroatoms. The molecule has 3 rings (SSSR count). The molecule has 0 unspecified atom stereocenters. The minimum Gasteiger partial charge on any atom is -0.387 e. The van der Waals surface area contributed by atoms with Crippen LogP contribution in [0.25, 0.3) is 10.8 Å². The number of aromatic nitrogens is 2. The zero-order chi connectivity index (χ0) is 19.4. The lowest BCUT2D eigenvalue weighted by molar-refractivity contribution is -0.137. The Morgan fingerprint density at radius 1 is 1.22 bits per heavy atom. The lowest BCUT2D eigenvalue weighted by Gasteiger charge is -2.08. The van der Waals surface area contributed by atoms with Gasteiger partial charge in [0.1, 0.15) is 6.54 Å². The third-order valence-corrected chi connectivity index (χ3v) is 4.51. The van der Waals surface area contributed by atoms with Crippen LogP contribution in [0.3, 0.4) is 0 Å². The molecule has 142 valence electrons. The summed E-state index contributed by atoms with van der Waals surface area (Å²) in [5, 5.41) is 8.38. The van der Waals surface area contributed by atoms with E-state index < -0.39 is 23.4 Å². The van der Waals surface area contributed by atoms with Gasteiger partial charge in [-0.3, -0.25) is 4.79 Å². The zero-order valence-corrected chi connectivity index (χ0v) is 14.6. The van der Waals surface area contributed by atoms with Gasteiger partial charge in [-0.1, -0.05) is 18.2 Å². The van der Waals surface area contributed by atoms with Crippen LogP contribution >= 0.6 is 11.3 Å². The highest BCUT2D eigenvalue weighted by Gasteiger charge is 2.29. The van der Waals surface area contributed by atoms with E-state index in [4.69, 9.17) is 4.42 Å². The van der Waals surface area contributed by atoms with Gasteiger partial charge >= 0.3 is 11.9 Å². The molecule has 6 nitrogen and oxygen atoms in total. The third kappa shape index (κ3) is 4.85. The number of thiophene rings is 1. The molecule has 0 atom stereocenters. The van der Waals surface area contributed by atoms with Crippen molar-refractivity contribution < 1.29 is 22.4 Å². The van der Waals surface area contributed by atoms with E-state index in [1.54, 1.807) is 12.1 Å². The van der Waals surface area contributed by atoms with E-state index in [1.165, 1.54) is 23.5 Å². The summed E-state index contributed by atoms with van der Waals surface area (Å²) in [6.45, 7) is -0.0880. The summed E-state index contributed by atoms with van der Waals surface area (Å²) in [6.07, 6.45) is -4.02. The second kappa shape index (κ2) is 7.78. The SMILES string of the molecule is O=C(Cn1nc(-c2cccs2)oc1=O)NCCc1ccc(C(F)(F)F)cc1. The van der Waals surface area contributed by atoms with Crippen LogP contribution in [0.4, 0.5) is 13.2 Å². The van der Waals surface area contributed by atoms with Crippen molar-refractivity contribution in [2.45, 2.75) is 19.1 Å². The topological polar surface area (TPSA) is 77.1 Å². The van der Waals surface area contributed by atoms with Crippen LogP contribution in [0.5, 0.6) is 0 Å². The summed E-state index contributed by atoms with van der Waals surface area (Å²) < 4.78 is 43.5. The second-order valence-corrected chi connectivity index (χ2v) is 6.55. The molecule has 2 aromatic heterocycles. The number of hydrogen-bond donors (Lipinski definition) is 1. The summed E-state index contributed by atoms with van der Waals surface area (Å²) >= 11 is 1.35. The maximum absolute atomic E-state index is 12.5. The first-order chi connectivity index (χ1) is 12.8. The van der Waals surface area contributed by atoms with Crippen molar-refractivity contribution in [2.24, 2.45) is 0 Å². The lowest BCUT2D eigenvalue weighted by Crippen LogP contribution is -2.32. The van der Waals surface area contributed by atoms with Crippen LogP contribution in [0.2, 0.25) is 0 Å². The zero-order valence-electron chi connectivity index (χ0n) is 13.8. The molecule has 3 aromatic rings. The van der Waals surface area contributed by atoms with E-state index in [2.05, 4.69) is 10.4 Å². The van der Waals surface area contributed by atoms with E-state index in [0.29, 0.717) is 16.9 Å². The van der Waals surface area contributed by atoms with Crippen molar-refractivity contribution in [1.82, 2.24) is 15.1 Å². The third-order valence-electron chi connectivity index (χ3n) is 3.65. The number of amides is 1. The highest BCUT2D eigenvalue weighted by Crippen LogP contribution is 2.29. The fraction of sp³-hybridized carbons (Fsp3) is 0.235. The molecule has 1 aromatic carbocycles. The van der Waals surface area contributed by atoms with E-state index >= 15 is 0 Å². The number of hydrogen-bond acceptors (Lipinski definition) is 5. The molecular formula is C17H14F3N3O3S. The number of rotatable bonds is 6. The largest absolute Gasteiger partial charge is 0.437 e. The molecule has 0 aliphatic heterocycles. The summed E-state index contributed by atoms with van der Waals surface area (Å²) in [7, 11) is 0. The van der Waals surface area contributed by atoms with Crippen LogP contribution in [-0.4, -0.2) is 22.2 Å². The number of halogens is 3. The highest BCUT2D eigenvalue weighted by molar-refractivity contribution is 7.13. The van der Waals surface area contributed by atoms with Gasteiger partial charge in [0.15, 0.2) is 0 Å². The molecule has 0 aliphatic carbocycles. The minimum atomic E-state index is -4.38. The van der Waals surface area contributed by atoms with E-state index in [1.807, 2.05) is 5.38 Å². The molecule has 0 aliphatic rings. The van der Waals surface area contributed by atoms with E-state index in [9.17, 15) is 22.8 Å². The van der Waals surface area contributed by atoms with Gasteiger partial charge in [0, 0.05) is 6.54 Å². The Morgan fingerprint density at radius 2 is 1.96 bits per heavy atom. The first kappa shape index (κ1) is 18.9. The predicted octanol–water partition coefficient (Wildman–Crippen LogP) is 2.94. The molecule has 0 spiro atoms. The van der Waals surface area contributed by atoms with Crippen LogP contribution < -0.4 is 11.1 Å². The number of nitrogens with zero attached hydrogens (tertiary/aromatic N) is 2. The second-order valence-electron chi connectivity index (χ2n) is 5.60. The summed E-state index contributed by atoms with van der Waals surface area (Å²) in [5.74, 6) is -1.04. The molecule has 1 N–H and O–H groups in total. The Kier molecular flexibility index (Phi) is 5.45. The molecule has 0 bridgehead atoms. The monoisotopic (exact) mass is 397 g/mol. The first-order valence-electron chi connectivity index (χ1n) is 7.87. The Hall–Kier alpha value is -2.88. The van der Waals surface area contributed by atoms with Crippen molar-refractivity contribution in [1.29, 1.82) is 0 Å². The average molecular weight is 397 g/mol. The molecule has 2 heterocycles. The quantitative estimate of drug-likeness (QED) is 0.694. The van der Waals surface area contributed by atoms with Gasteiger partial charge in [0.05, 0.1) is 10.4 Å². The van der Waals surface area contributed by atoms with Crippen LogP contribution in [0.1, 0.15) is 11.1 Å². The number of carbonyl (C=O) groups is 1. The van der Waals surface area contributed by atoms with Gasteiger partial charge in [-0.25, -0.2) is 4.79 Å². The standard InChI is InChI=1S/C17H14F3N3O3S/c18-17(19,20)12-5-3-11(4-6-12)7-8-21-14(24)10-23-16(25)26-15(22-23)13-2-1-9-27-13/h1-6,9H,7-8,10H2,(H,21,24). The Labute approximate surface area is 155 Å². The first-order valence-corrected chi connectivity index (χ1v) is 8.75. The van der Waals surface area contributed by atoms with Gasteiger partial charge in [0.25, 0.3) is 5.89 Å². The summed E-state index contributed by atoms with van der Waals surface area (Å²) in [5.41, 5.74) is -0.0656. The smallest absolute Gasteiger partial charge is 0.387 e. The normalized spacial score (nSPS) is 11.5. The van der Waals surface area contributed by atoms with Crippen molar-refractivity contribution >= 4 is 17.2 Å². The van der Waals surface area contributed by atoms with Gasteiger partial charge < -0.3 is 9.73 Å². The Balaban J connectivity index is 1.51. The molecule has 0 radical (unpaired) electrons. The van der Waals surface area contributed by atoms with Gasteiger partial charge in [-0.2, -0.15) is 17.9 Å². The molecule has 0 saturated carbocycles. The van der Waals surface area contributed by atoms with E-state index in [0.717, 1.165) is 16.8 Å². The predicted molar refractivity (Wildman–Crippen MR) is 92.2 cm³/mol. The molecule has 0 saturated heterocycles. The fourth-order valence-corrected chi connectivity index (χ4v) is 2.95. The summed E-state index contributed by atoms with van der Waals surface area (Å²) in [6, 6.07) is 8.25. The lowest BCUT2D eigenvalue weighted by atomic mass is 10.1. The molecular weight excluding hydrogens is 383 g/mol. The number of alkyl halides is 3. The molecule has 27 heavy (non-hydrogen) atoms. The van der Waals surface area contributed by atoms with Crippen molar-refractivity contribution in [3.05, 3.63) is 63.5 Å². The van der Waals surface area contributed by atoms with Crippen LogP contribution in [0.15, 0.2) is 51.0 Å². The van der Waals surface area contributed by atoms with Crippen LogP contribution in [-0.2, 0) is 23.9 Å².